The van der Waals surface area contributed by atoms with Crippen LogP contribution in [0.15, 0.2) is 138 Å². The summed E-state index contributed by atoms with van der Waals surface area (Å²) >= 11 is 1.34. The summed E-state index contributed by atoms with van der Waals surface area (Å²) < 4.78 is 16.8. The third-order valence-electron chi connectivity index (χ3n) is 7.14. The SMILES string of the molecule is COc1cccc(/C=C(/NC(=O)c2ccccc2)C(=O)Nc2cccc(SC(C)C(=O)Nc3ccc(Oc4ccccc4)cc3)c2)c1OC. The quantitative estimate of drug-likeness (QED) is 0.0857. The summed E-state index contributed by atoms with van der Waals surface area (Å²) in [6.07, 6.45) is 1.53. The number of benzene rings is 5. The number of carbonyl (C=O) groups excluding carboxylic acids is 3. The highest BCUT2D eigenvalue weighted by Crippen LogP contribution is 2.32. The average molecular weight is 674 g/mol. The van der Waals surface area contributed by atoms with E-state index < -0.39 is 17.1 Å². The molecule has 0 aromatic heterocycles. The van der Waals surface area contributed by atoms with Gasteiger partial charge in [-0.25, -0.2) is 0 Å². The van der Waals surface area contributed by atoms with E-state index in [-0.39, 0.29) is 11.6 Å². The topological polar surface area (TPSA) is 115 Å². The average Bonchev–Trinajstić information content (AvgIpc) is 3.12. The Morgan fingerprint density at radius 2 is 1.37 bits per heavy atom. The van der Waals surface area contributed by atoms with Crippen LogP contribution in [0.2, 0.25) is 0 Å². The molecule has 3 N–H and O–H groups in total. The van der Waals surface area contributed by atoms with Gasteiger partial charge in [-0.2, -0.15) is 0 Å². The molecule has 10 heteroatoms. The van der Waals surface area contributed by atoms with E-state index in [1.807, 2.05) is 36.4 Å². The summed E-state index contributed by atoms with van der Waals surface area (Å²) in [6.45, 7) is 1.81. The molecule has 0 radical (unpaired) electrons. The fraction of sp³-hybridized carbons (Fsp3) is 0.103. The lowest BCUT2D eigenvalue weighted by molar-refractivity contribution is -0.115. The second kappa shape index (κ2) is 16.7. The zero-order valence-corrected chi connectivity index (χ0v) is 28.0. The Morgan fingerprint density at radius 1 is 0.694 bits per heavy atom. The van der Waals surface area contributed by atoms with E-state index in [1.165, 1.54) is 32.1 Å². The fourth-order valence-electron chi connectivity index (χ4n) is 4.70. The van der Waals surface area contributed by atoms with E-state index >= 15 is 0 Å². The maximum atomic E-state index is 13.7. The van der Waals surface area contributed by atoms with Crippen LogP contribution in [-0.4, -0.2) is 37.2 Å². The molecule has 9 nitrogen and oxygen atoms in total. The molecule has 0 heterocycles. The van der Waals surface area contributed by atoms with Crippen molar-refractivity contribution in [3.05, 3.63) is 144 Å². The summed E-state index contributed by atoms with van der Waals surface area (Å²) in [4.78, 5) is 40.6. The van der Waals surface area contributed by atoms with Gasteiger partial charge in [0.1, 0.15) is 17.2 Å². The van der Waals surface area contributed by atoms with Crippen molar-refractivity contribution in [1.29, 1.82) is 0 Å². The summed E-state index contributed by atoms with van der Waals surface area (Å²) in [7, 11) is 3.02. The first kappa shape index (κ1) is 34.3. The highest BCUT2D eigenvalue weighted by atomic mass is 32.2. The minimum absolute atomic E-state index is 0.00797. The molecule has 0 fully saturated rings. The van der Waals surface area contributed by atoms with Crippen molar-refractivity contribution >= 4 is 46.9 Å². The first-order valence-electron chi connectivity index (χ1n) is 15.3. The third kappa shape index (κ3) is 9.52. The number of hydrogen-bond acceptors (Lipinski definition) is 7. The molecule has 5 aromatic rings. The summed E-state index contributed by atoms with van der Waals surface area (Å²) in [5, 5.41) is 8.09. The Balaban J connectivity index is 1.27. The molecule has 0 aliphatic carbocycles. The second-order valence-corrected chi connectivity index (χ2v) is 12.0. The van der Waals surface area contributed by atoms with Crippen LogP contribution in [-0.2, 0) is 9.59 Å². The number of para-hydroxylation sites is 2. The van der Waals surface area contributed by atoms with Crippen LogP contribution < -0.4 is 30.2 Å². The molecule has 0 aliphatic rings. The van der Waals surface area contributed by atoms with Gasteiger partial charge in [0, 0.05) is 27.4 Å². The Bertz CT molecular complexity index is 1930. The van der Waals surface area contributed by atoms with Gasteiger partial charge in [0.15, 0.2) is 11.5 Å². The minimum Gasteiger partial charge on any atom is -0.493 e. The van der Waals surface area contributed by atoms with E-state index in [4.69, 9.17) is 14.2 Å². The van der Waals surface area contributed by atoms with E-state index in [1.54, 1.807) is 97.9 Å². The highest BCUT2D eigenvalue weighted by Gasteiger charge is 2.19. The molecule has 49 heavy (non-hydrogen) atoms. The number of rotatable bonds is 13. The molecule has 0 aliphatic heterocycles. The van der Waals surface area contributed by atoms with Crippen LogP contribution in [0.4, 0.5) is 11.4 Å². The van der Waals surface area contributed by atoms with Gasteiger partial charge in [0.25, 0.3) is 11.8 Å². The molecule has 0 saturated heterocycles. The van der Waals surface area contributed by atoms with Crippen LogP contribution in [0.25, 0.3) is 6.08 Å². The summed E-state index contributed by atoms with van der Waals surface area (Å²) in [5.74, 6) is 1.08. The molecule has 5 aromatic carbocycles. The fourth-order valence-corrected chi connectivity index (χ4v) is 5.63. The second-order valence-electron chi connectivity index (χ2n) is 10.6. The number of methoxy groups -OCH3 is 2. The van der Waals surface area contributed by atoms with Gasteiger partial charge in [-0.3, -0.25) is 14.4 Å². The van der Waals surface area contributed by atoms with E-state index in [9.17, 15) is 14.4 Å². The number of hydrogen-bond donors (Lipinski definition) is 3. The van der Waals surface area contributed by atoms with Crippen LogP contribution in [0, 0.1) is 0 Å². The lowest BCUT2D eigenvalue weighted by Gasteiger charge is -2.15. The summed E-state index contributed by atoms with van der Waals surface area (Å²) in [5.41, 5.74) is 2.03. The van der Waals surface area contributed by atoms with Crippen LogP contribution in [0.5, 0.6) is 23.0 Å². The molecule has 3 amide bonds. The number of thioether (sulfide) groups is 1. The molecule has 0 bridgehead atoms. The Kier molecular flexibility index (Phi) is 11.7. The van der Waals surface area contributed by atoms with Crippen molar-refractivity contribution in [2.45, 2.75) is 17.1 Å². The standard InChI is InChI=1S/C39H35N3O6S/c1-26(37(43)40-29-20-22-32(23-21-29)48-31-16-8-5-9-17-31)49-33-18-11-15-30(25-33)41-39(45)34(42-38(44)27-12-6-4-7-13-27)24-28-14-10-19-35(46-2)36(28)47-3/h4-26H,1-3H3,(H,40,43)(H,41,45)(H,42,44)/b34-24+. The third-order valence-corrected chi connectivity index (χ3v) is 8.23. The van der Waals surface area contributed by atoms with Gasteiger partial charge >= 0.3 is 0 Å². The Morgan fingerprint density at radius 3 is 2.06 bits per heavy atom. The zero-order valence-electron chi connectivity index (χ0n) is 27.1. The van der Waals surface area contributed by atoms with Crippen LogP contribution in [0.1, 0.15) is 22.8 Å². The van der Waals surface area contributed by atoms with Crippen molar-refractivity contribution in [2.24, 2.45) is 0 Å². The maximum absolute atomic E-state index is 13.7. The monoisotopic (exact) mass is 673 g/mol. The van der Waals surface area contributed by atoms with Crippen molar-refractivity contribution < 1.29 is 28.6 Å². The van der Waals surface area contributed by atoms with E-state index in [2.05, 4.69) is 16.0 Å². The lowest BCUT2D eigenvalue weighted by Crippen LogP contribution is -2.30. The van der Waals surface area contributed by atoms with Gasteiger partial charge in [0.05, 0.1) is 19.5 Å². The predicted octanol–water partition coefficient (Wildman–Crippen LogP) is 8.03. The Labute approximate surface area is 289 Å². The van der Waals surface area contributed by atoms with E-state index in [0.29, 0.717) is 39.8 Å². The minimum atomic E-state index is -0.554. The van der Waals surface area contributed by atoms with Crippen LogP contribution >= 0.6 is 11.8 Å². The van der Waals surface area contributed by atoms with Crippen molar-refractivity contribution in [2.75, 3.05) is 24.9 Å². The van der Waals surface area contributed by atoms with Gasteiger partial charge in [-0.05, 0) is 85.8 Å². The molecule has 5 rings (SSSR count). The molecule has 1 unspecified atom stereocenters. The largest absolute Gasteiger partial charge is 0.493 e. The smallest absolute Gasteiger partial charge is 0.272 e. The Hall–Kier alpha value is -6.00. The molecular formula is C39H35N3O6S. The molecule has 1 atom stereocenters. The summed E-state index contributed by atoms with van der Waals surface area (Å²) in [6, 6.07) is 37.6. The van der Waals surface area contributed by atoms with Crippen molar-refractivity contribution in [3.8, 4) is 23.0 Å². The maximum Gasteiger partial charge on any atom is 0.272 e. The van der Waals surface area contributed by atoms with Gasteiger partial charge in [-0.1, -0.05) is 54.6 Å². The number of carbonyl (C=O) groups is 3. The van der Waals surface area contributed by atoms with Gasteiger partial charge in [-0.15, -0.1) is 11.8 Å². The van der Waals surface area contributed by atoms with Crippen LogP contribution in [0.3, 0.4) is 0 Å². The first-order chi connectivity index (χ1) is 23.8. The lowest BCUT2D eigenvalue weighted by atomic mass is 10.1. The molecular weight excluding hydrogens is 639 g/mol. The van der Waals surface area contributed by atoms with Gasteiger partial charge < -0.3 is 30.2 Å². The van der Waals surface area contributed by atoms with E-state index in [0.717, 1.165) is 10.6 Å². The van der Waals surface area contributed by atoms with Crippen molar-refractivity contribution in [1.82, 2.24) is 5.32 Å². The zero-order chi connectivity index (χ0) is 34.6. The molecule has 0 saturated carbocycles. The van der Waals surface area contributed by atoms with Gasteiger partial charge in [0.2, 0.25) is 5.91 Å². The molecule has 0 spiro atoms. The number of amides is 3. The number of nitrogens with one attached hydrogen (secondary N) is 3. The highest BCUT2D eigenvalue weighted by molar-refractivity contribution is 8.00. The number of ether oxygens (including phenoxy) is 3. The molecule has 248 valence electrons. The predicted molar refractivity (Wildman–Crippen MR) is 193 cm³/mol. The normalized spacial score (nSPS) is 11.5. The van der Waals surface area contributed by atoms with Crippen molar-refractivity contribution in [3.63, 3.8) is 0 Å². The first-order valence-corrected chi connectivity index (χ1v) is 16.2. The number of anilines is 2.